The first-order chi connectivity index (χ1) is 11.0. The van der Waals surface area contributed by atoms with Crippen molar-refractivity contribution >= 4 is 17.3 Å². The molecule has 122 valence electrons. The molecule has 1 rings (SSSR count). The molecule has 0 radical (unpaired) electrons. The van der Waals surface area contributed by atoms with Crippen LogP contribution in [0.3, 0.4) is 0 Å². The fourth-order valence-corrected chi connectivity index (χ4v) is 1.59. The van der Waals surface area contributed by atoms with Gasteiger partial charge in [-0.3, -0.25) is 14.9 Å². The number of ether oxygens (including phenoxy) is 1. The molecular formula is C14H16N4O5. The minimum atomic E-state index is -0.684. The molecule has 0 spiro atoms. The molecule has 0 aliphatic rings. The third kappa shape index (κ3) is 5.29. The van der Waals surface area contributed by atoms with E-state index in [1.807, 2.05) is 0 Å². The number of hydrogen-bond donors (Lipinski definition) is 3. The Bertz CT molecular complexity index is 651. The van der Waals surface area contributed by atoms with Gasteiger partial charge in [0.05, 0.1) is 23.8 Å². The summed E-state index contributed by atoms with van der Waals surface area (Å²) in [6, 6.07) is 5.45. The second-order valence-corrected chi connectivity index (χ2v) is 4.30. The summed E-state index contributed by atoms with van der Waals surface area (Å²) >= 11 is 0. The summed E-state index contributed by atoms with van der Waals surface area (Å²) in [5.74, 6) is -0.575. The summed E-state index contributed by atoms with van der Waals surface area (Å²) in [4.78, 5) is 22.1. The van der Waals surface area contributed by atoms with Gasteiger partial charge in [0.15, 0.2) is 0 Å². The third-order valence-corrected chi connectivity index (χ3v) is 2.73. The molecule has 0 aliphatic heterocycles. The standard InChI is InChI=1S/C14H16N4O5/c1-23-13-7-11(18(21)22)3-4-12(13)17-14(20)10(8-15)9-16-5-2-6-19/h3-4,7,9,16,19H,2,5-6H2,1H3,(H,17,20)/b10-9-. The molecule has 0 saturated heterocycles. The fourth-order valence-electron chi connectivity index (χ4n) is 1.59. The largest absolute Gasteiger partial charge is 0.494 e. The molecule has 0 bridgehead atoms. The maximum Gasteiger partial charge on any atom is 0.273 e. The number of nitrogens with zero attached hydrogens (tertiary/aromatic N) is 2. The number of nitro groups is 1. The number of benzene rings is 1. The first-order valence-corrected chi connectivity index (χ1v) is 6.61. The van der Waals surface area contributed by atoms with E-state index in [-0.39, 0.29) is 29.3 Å². The van der Waals surface area contributed by atoms with Crippen LogP contribution in [0.1, 0.15) is 6.42 Å². The van der Waals surface area contributed by atoms with Gasteiger partial charge in [-0.25, -0.2) is 0 Å². The molecule has 0 saturated carbocycles. The lowest BCUT2D eigenvalue weighted by Crippen LogP contribution is -2.18. The number of carbonyl (C=O) groups is 1. The van der Waals surface area contributed by atoms with Crippen molar-refractivity contribution in [2.45, 2.75) is 6.42 Å². The average Bonchev–Trinajstić information content (AvgIpc) is 2.55. The summed E-state index contributed by atoms with van der Waals surface area (Å²) in [5, 5.41) is 33.5. The van der Waals surface area contributed by atoms with Gasteiger partial charge in [-0.1, -0.05) is 0 Å². The molecule has 0 fully saturated rings. The van der Waals surface area contributed by atoms with Crippen molar-refractivity contribution < 1.29 is 19.6 Å². The van der Waals surface area contributed by atoms with E-state index >= 15 is 0 Å². The maximum atomic E-state index is 12.0. The van der Waals surface area contributed by atoms with Gasteiger partial charge >= 0.3 is 0 Å². The highest BCUT2D eigenvalue weighted by atomic mass is 16.6. The summed E-state index contributed by atoms with van der Waals surface area (Å²) in [7, 11) is 1.31. The number of amides is 1. The SMILES string of the molecule is COc1cc([N+](=O)[O-])ccc1NC(=O)/C(C#N)=C\NCCCO. The van der Waals surface area contributed by atoms with Crippen molar-refractivity contribution in [1.82, 2.24) is 5.32 Å². The highest BCUT2D eigenvalue weighted by Gasteiger charge is 2.15. The lowest BCUT2D eigenvalue weighted by Gasteiger charge is -2.09. The molecule has 1 aromatic carbocycles. The van der Waals surface area contributed by atoms with Crippen molar-refractivity contribution in [3.63, 3.8) is 0 Å². The van der Waals surface area contributed by atoms with Crippen LogP contribution >= 0.6 is 0 Å². The Morgan fingerprint density at radius 1 is 1.57 bits per heavy atom. The van der Waals surface area contributed by atoms with Crippen LogP contribution in [-0.4, -0.2) is 36.2 Å². The molecule has 1 aromatic rings. The van der Waals surface area contributed by atoms with Crippen LogP contribution in [0.2, 0.25) is 0 Å². The Balaban J connectivity index is 2.87. The van der Waals surface area contributed by atoms with Gasteiger partial charge in [0.1, 0.15) is 17.4 Å². The molecule has 0 aliphatic carbocycles. The first-order valence-electron chi connectivity index (χ1n) is 6.61. The van der Waals surface area contributed by atoms with Crippen molar-refractivity contribution in [3.8, 4) is 11.8 Å². The topological polar surface area (TPSA) is 138 Å². The highest BCUT2D eigenvalue weighted by Crippen LogP contribution is 2.29. The van der Waals surface area contributed by atoms with Crippen molar-refractivity contribution in [2.75, 3.05) is 25.6 Å². The summed E-state index contributed by atoms with van der Waals surface area (Å²) in [6.07, 6.45) is 1.72. The number of rotatable bonds is 8. The van der Waals surface area contributed by atoms with Crippen LogP contribution in [0.25, 0.3) is 0 Å². The highest BCUT2D eigenvalue weighted by molar-refractivity contribution is 6.07. The first kappa shape index (κ1) is 17.9. The molecule has 1 amide bonds. The van der Waals surface area contributed by atoms with Gasteiger partial charge in [0.2, 0.25) is 0 Å². The van der Waals surface area contributed by atoms with Crippen LogP contribution in [-0.2, 0) is 4.79 Å². The number of nitriles is 1. The zero-order valence-corrected chi connectivity index (χ0v) is 12.4. The van der Waals surface area contributed by atoms with Crippen molar-refractivity contribution in [3.05, 3.63) is 40.1 Å². The molecule has 0 atom stereocenters. The minimum absolute atomic E-state index is 0.00504. The molecule has 9 nitrogen and oxygen atoms in total. The van der Waals surface area contributed by atoms with Gasteiger partial charge in [0.25, 0.3) is 11.6 Å². The number of nitro benzene ring substituents is 1. The lowest BCUT2D eigenvalue weighted by atomic mass is 10.2. The second-order valence-electron chi connectivity index (χ2n) is 4.30. The molecule has 0 unspecified atom stereocenters. The Morgan fingerprint density at radius 2 is 2.30 bits per heavy atom. The van der Waals surface area contributed by atoms with Crippen LogP contribution in [0.15, 0.2) is 30.0 Å². The normalized spacial score (nSPS) is 10.6. The molecular weight excluding hydrogens is 304 g/mol. The molecule has 0 heterocycles. The minimum Gasteiger partial charge on any atom is -0.494 e. The number of hydrogen-bond acceptors (Lipinski definition) is 7. The zero-order valence-electron chi connectivity index (χ0n) is 12.4. The molecule has 9 heteroatoms. The number of anilines is 1. The Kier molecular flexibility index (Phi) is 7.03. The number of methoxy groups -OCH3 is 1. The Labute approximate surface area is 132 Å². The van der Waals surface area contributed by atoms with E-state index in [1.165, 1.54) is 31.5 Å². The summed E-state index contributed by atoms with van der Waals surface area (Å²) in [6.45, 7) is 0.407. The Hall–Kier alpha value is -3.12. The van der Waals surface area contributed by atoms with Gasteiger partial charge in [-0.2, -0.15) is 5.26 Å². The van der Waals surface area contributed by atoms with Crippen molar-refractivity contribution in [2.24, 2.45) is 0 Å². The molecule has 3 N–H and O–H groups in total. The van der Waals surface area contributed by atoms with E-state index in [1.54, 1.807) is 6.07 Å². The smallest absolute Gasteiger partial charge is 0.273 e. The van der Waals surface area contributed by atoms with Gasteiger partial charge in [-0.15, -0.1) is 0 Å². The predicted octanol–water partition coefficient (Wildman–Crippen LogP) is 0.921. The monoisotopic (exact) mass is 320 g/mol. The molecule has 23 heavy (non-hydrogen) atoms. The molecule has 0 aromatic heterocycles. The van der Waals surface area contributed by atoms with Gasteiger partial charge < -0.3 is 20.5 Å². The van der Waals surface area contributed by atoms with E-state index in [0.29, 0.717) is 13.0 Å². The second kappa shape index (κ2) is 9.01. The van der Waals surface area contributed by atoms with E-state index < -0.39 is 10.8 Å². The van der Waals surface area contributed by atoms with Gasteiger partial charge in [-0.05, 0) is 12.5 Å². The number of non-ortho nitro benzene ring substituents is 1. The zero-order chi connectivity index (χ0) is 17.2. The quantitative estimate of drug-likeness (QED) is 0.213. The van der Waals surface area contributed by atoms with Crippen LogP contribution < -0.4 is 15.4 Å². The lowest BCUT2D eigenvalue weighted by molar-refractivity contribution is -0.384. The average molecular weight is 320 g/mol. The maximum absolute atomic E-state index is 12.0. The number of aliphatic hydroxyl groups excluding tert-OH is 1. The summed E-state index contributed by atoms with van der Waals surface area (Å²) < 4.78 is 5.00. The Morgan fingerprint density at radius 3 is 2.87 bits per heavy atom. The van der Waals surface area contributed by atoms with Gasteiger partial charge in [0, 0.05) is 25.4 Å². The van der Waals surface area contributed by atoms with E-state index in [2.05, 4.69) is 10.6 Å². The van der Waals surface area contributed by atoms with E-state index in [0.717, 1.165) is 0 Å². The number of nitrogens with one attached hydrogen (secondary N) is 2. The van der Waals surface area contributed by atoms with Crippen molar-refractivity contribution in [1.29, 1.82) is 5.26 Å². The fraction of sp³-hybridized carbons (Fsp3) is 0.286. The van der Waals surface area contributed by atoms with Crippen LogP contribution in [0.5, 0.6) is 5.75 Å². The van der Waals surface area contributed by atoms with Crippen LogP contribution in [0.4, 0.5) is 11.4 Å². The number of aliphatic hydroxyl groups is 1. The van der Waals surface area contributed by atoms with E-state index in [4.69, 9.17) is 15.1 Å². The van der Waals surface area contributed by atoms with E-state index in [9.17, 15) is 14.9 Å². The van der Waals surface area contributed by atoms with Crippen LogP contribution in [0, 0.1) is 21.4 Å². The summed E-state index contributed by atoms with van der Waals surface area (Å²) in [5.41, 5.74) is -0.149. The predicted molar refractivity (Wildman–Crippen MR) is 81.7 cm³/mol. The third-order valence-electron chi connectivity index (χ3n) is 2.73. The number of carbonyl (C=O) groups excluding carboxylic acids is 1.